The summed E-state index contributed by atoms with van der Waals surface area (Å²) < 4.78 is 16.7. The number of hydrogen-bond acceptors (Lipinski definition) is 6. The van der Waals surface area contributed by atoms with E-state index in [2.05, 4.69) is 26.6 Å². The summed E-state index contributed by atoms with van der Waals surface area (Å²) in [6.45, 7) is 1.68. The Morgan fingerprint density at radius 3 is 2.59 bits per heavy atom. The van der Waals surface area contributed by atoms with Crippen LogP contribution in [-0.2, 0) is 0 Å². The maximum Gasteiger partial charge on any atom is 0.275 e. The molecule has 0 fully saturated rings. The van der Waals surface area contributed by atoms with Gasteiger partial charge in [-0.05, 0) is 43.3 Å². The van der Waals surface area contributed by atoms with Gasteiger partial charge in [-0.25, -0.2) is 18.9 Å². The Hall–Kier alpha value is -4.81. The quantitative estimate of drug-likeness (QED) is 0.325. The highest BCUT2D eigenvalue weighted by atomic mass is 35.5. The Labute approximate surface area is 216 Å². The van der Waals surface area contributed by atoms with Crippen LogP contribution in [0, 0.1) is 24.1 Å². The number of rotatable bonds is 5. The second-order valence-corrected chi connectivity index (χ2v) is 8.62. The predicted octanol–water partition coefficient (Wildman–Crippen LogP) is 5.21. The molecule has 1 N–H and O–H groups in total. The van der Waals surface area contributed by atoms with Gasteiger partial charge in [-0.2, -0.15) is 10.4 Å². The summed E-state index contributed by atoms with van der Waals surface area (Å²) in [5, 5.41) is 16.0. The average Bonchev–Trinajstić information content (AvgIpc) is 3.24. The van der Waals surface area contributed by atoms with Gasteiger partial charge in [0.2, 0.25) is 0 Å². The Bertz CT molecular complexity index is 1700. The normalized spacial score (nSPS) is 10.8. The minimum absolute atomic E-state index is 0.194. The number of hydrazine groups is 1. The number of nitrogens with zero attached hydrogens (tertiary/aromatic N) is 6. The Morgan fingerprint density at radius 2 is 1.86 bits per heavy atom. The van der Waals surface area contributed by atoms with Gasteiger partial charge in [0.05, 0.1) is 23.0 Å². The number of nitriles is 1. The molecule has 3 heterocycles. The number of pyridine rings is 1. The van der Waals surface area contributed by atoms with E-state index < -0.39 is 11.7 Å². The van der Waals surface area contributed by atoms with Crippen LogP contribution in [0.15, 0.2) is 73.1 Å². The number of hydrogen-bond donors (Lipinski definition) is 1. The Kier molecular flexibility index (Phi) is 6.26. The first-order chi connectivity index (χ1) is 17.9. The monoisotopic (exact) mass is 511 g/mol. The Balaban J connectivity index is 1.72. The minimum Gasteiger partial charge on any atom is -0.271 e. The van der Waals surface area contributed by atoms with Crippen molar-refractivity contribution in [1.82, 2.24) is 25.0 Å². The van der Waals surface area contributed by atoms with E-state index in [1.165, 1.54) is 27.9 Å². The molecule has 0 bridgehead atoms. The third kappa shape index (κ3) is 4.35. The standard InChI is InChI=1S/C27H19ClFN7O/c1-16-24(27(37)34-35(2)23-9-5-6-12-31-23)26-32-15-21(19-8-4-3-7-17(19)14-30)25(36(26)33-16)20-11-10-18(28)13-22(20)29/h3-13,15H,1-2H3,(H,34,37). The molecule has 0 aliphatic rings. The van der Waals surface area contributed by atoms with Gasteiger partial charge in [0.1, 0.15) is 17.2 Å². The van der Waals surface area contributed by atoms with Gasteiger partial charge < -0.3 is 0 Å². The lowest BCUT2D eigenvalue weighted by molar-refractivity contribution is 0.0952. The van der Waals surface area contributed by atoms with Crippen LogP contribution in [0.25, 0.3) is 28.0 Å². The van der Waals surface area contributed by atoms with Crippen molar-refractivity contribution in [1.29, 1.82) is 5.26 Å². The van der Waals surface area contributed by atoms with E-state index in [1.807, 2.05) is 0 Å². The zero-order valence-corrected chi connectivity index (χ0v) is 20.5. The molecule has 2 aromatic carbocycles. The average molecular weight is 512 g/mol. The molecule has 0 aliphatic carbocycles. The number of nitrogens with one attached hydrogen (secondary N) is 1. The summed E-state index contributed by atoms with van der Waals surface area (Å²) in [4.78, 5) is 22.1. The van der Waals surface area contributed by atoms with Crippen LogP contribution in [0.5, 0.6) is 0 Å². The lowest BCUT2D eigenvalue weighted by Gasteiger charge is -2.18. The number of anilines is 1. The maximum atomic E-state index is 15.3. The van der Waals surface area contributed by atoms with E-state index in [1.54, 1.807) is 68.7 Å². The summed E-state index contributed by atoms with van der Waals surface area (Å²) in [7, 11) is 1.67. The van der Waals surface area contributed by atoms with Crippen LogP contribution in [0.3, 0.4) is 0 Å². The molecule has 8 nitrogen and oxygen atoms in total. The summed E-state index contributed by atoms with van der Waals surface area (Å²) in [6, 6.07) is 18.8. The molecule has 0 saturated heterocycles. The van der Waals surface area contributed by atoms with Gasteiger partial charge in [-0.15, -0.1) is 0 Å². The molecule has 0 unspecified atom stereocenters. The molecule has 3 aromatic heterocycles. The van der Waals surface area contributed by atoms with E-state index in [0.29, 0.717) is 33.9 Å². The van der Waals surface area contributed by atoms with Gasteiger partial charge in [-0.3, -0.25) is 15.2 Å². The van der Waals surface area contributed by atoms with Crippen molar-refractivity contribution in [2.75, 3.05) is 12.1 Å². The topological polar surface area (TPSA) is 99.2 Å². The second-order valence-electron chi connectivity index (χ2n) is 8.19. The van der Waals surface area contributed by atoms with Gasteiger partial charge in [0.15, 0.2) is 5.65 Å². The number of benzene rings is 2. The van der Waals surface area contributed by atoms with E-state index >= 15 is 4.39 Å². The number of carbonyl (C=O) groups is 1. The molecule has 10 heteroatoms. The second kappa shape index (κ2) is 9.68. The first kappa shape index (κ1) is 23.9. The minimum atomic E-state index is -0.579. The highest BCUT2D eigenvalue weighted by Gasteiger charge is 2.25. The SMILES string of the molecule is Cc1nn2c(-c3ccc(Cl)cc3F)c(-c3ccccc3C#N)cnc2c1C(=O)NN(C)c1ccccn1. The summed E-state index contributed by atoms with van der Waals surface area (Å²) in [6.07, 6.45) is 3.14. The number of aromatic nitrogens is 4. The molecule has 0 atom stereocenters. The number of halogens is 2. The van der Waals surface area contributed by atoms with Gasteiger partial charge in [0.25, 0.3) is 5.91 Å². The van der Waals surface area contributed by atoms with E-state index in [0.717, 1.165) is 0 Å². The molecule has 0 aliphatic heterocycles. The molecule has 0 radical (unpaired) electrons. The highest BCUT2D eigenvalue weighted by molar-refractivity contribution is 6.30. The van der Waals surface area contributed by atoms with Gasteiger partial charge in [-0.1, -0.05) is 35.9 Å². The lowest BCUT2D eigenvalue weighted by Crippen LogP contribution is -2.40. The predicted molar refractivity (Wildman–Crippen MR) is 138 cm³/mol. The van der Waals surface area contributed by atoms with Gasteiger partial charge in [0, 0.05) is 41.2 Å². The third-order valence-corrected chi connectivity index (χ3v) is 6.07. The third-order valence-electron chi connectivity index (χ3n) is 5.83. The summed E-state index contributed by atoms with van der Waals surface area (Å²) in [5.41, 5.74) is 5.56. The van der Waals surface area contributed by atoms with Crippen LogP contribution in [0.4, 0.5) is 10.2 Å². The number of fused-ring (bicyclic) bond motifs is 1. The molecule has 37 heavy (non-hydrogen) atoms. The van der Waals surface area contributed by atoms with Crippen molar-refractivity contribution in [2.24, 2.45) is 0 Å². The van der Waals surface area contributed by atoms with E-state index in [-0.39, 0.29) is 21.8 Å². The van der Waals surface area contributed by atoms with Gasteiger partial charge >= 0.3 is 0 Å². The van der Waals surface area contributed by atoms with Crippen LogP contribution in [-0.4, -0.2) is 32.5 Å². The molecule has 0 saturated carbocycles. The number of carbonyl (C=O) groups excluding carboxylic acids is 1. The van der Waals surface area contributed by atoms with Crippen molar-refractivity contribution in [3.8, 4) is 28.5 Å². The van der Waals surface area contributed by atoms with Crippen molar-refractivity contribution < 1.29 is 9.18 Å². The largest absolute Gasteiger partial charge is 0.275 e. The van der Waals surface area contributed by atoms with Crippen molar-refractivity contribution in [3.05, 3.63) is 101 Å². The number of amides is 1. The fourth-order valence-corrected chi connectivity index (χ4v) is 4.29. The van der Waals surface area contributed by atoms with Crippen molar-refractivity contribution >= 4 is 29.0 Å². The first-order valence-electron chi connectivity index (χ1n) is 11.2. The lowest BCUT2D eigenvalue weighted by atomic mass is 9.96. The Morgan fingerprint density at radius 1 is 1.08 bits per heavy atom. The molecule has 5 aromatic rings. The molecule has 182 valence electrons. The molecule has 1 amide bonds. The fourth-order valence-electron chi connectivity index (χ4n) is 4.13. The zero-order valence-electron chi connectivity index (χ0n) is 19.8. The van der Waals surface area contributed by atoms with Crippen LogP contribution in [0.1, 0.15) is 21.6 Å². The van der Waals surface area contributed by atoms with Crippen molar-refractivity contribution in [2.45, 2.75) is 6.92 Å². The maximum absolute atomic E-state index is 15.3. The highest BCUT2D eigenvalue weighted by Crippen LogP contribution is 2.36. The van der Waals surface area contributed by atoms with Crippen LogP contribution >= 0.6 is 11.6 Å². The zero-order chi connectivity index (χ0) is 26.1. The fraction of sp³-hybridized carbons (Fsp3) is 0.0741. The molecular weight excluding hydrogens is 493 g/mol. The molecule has 0 spiro atoms. The molecule has 5 rings (SSSR count). The van der Waals surface area contributed by atoms with Crippen LogP contribution < -0.4 is 10.4 Å². The molecular formula is C27H19ClFN7O. The van der Waals surface area contributed by atoms with E-state index in [4.69, 9.17) is 11.6 Å². The summed E-state index contributed by atoms with van der Waals surface area (Å²) >= 11 is 6.02. The number of aryl methyl sites for hydroxylation is 1. The smallest absolute Gasteiger partial charge is 0.271 e. The van der Waals surface area contributed by atoms with E-state index in [9.17, 15) is 10.1 Å². The van der Waals surface area contributed by atoms with Crippen molar-refractivity contribution in [3.63, 3.8) is 0 Å². The summed E-state index contributed by atoms with van der Waals surface area (Å²) in [5.74, 6) is -0.497. The van der Waals surface area contributed by atoms with Crippen LogP contribution in [0.2, 0.25) is 5.02 Å². The first-order valence-corrected chi connectivity index (χ1v) is 11.6.